The molecule has 0 unspecified atom stereocenters. The van der Waals surface area contributed by atoms with Crippen LogP contribution in [-0.4, -0.2) is 27.6 Å². The first-order chi connectivity index (χ1) is 9.69. The lowest BCUT2D eigenvalue weighted by atomic mass is 10.2. The van der Waals surface area contributed by atoms with E-state index in [2.05, 4.69) is 10.3 Å². The molecule has 0 bridgehead atoms. The normalized spacial score (nSPS) is 10.1. The smallest absolute Gasteiger partial charge is 0.322 e. The molecule has 2 amide bonds. The maximum Gasteiger partial charge on any atom is 0.322 e. The molecule has 0 radical (unpaired) electrons. The van der Waals surface area contributed by atoms with Crippen molar-refractivity contribution >= 4 is 11.7 Å². The quantitative estimate of drug-likeness (QED) is 0.898. The van der Waals surface area contributed by atoms with Gasteiger partial charge in [-0.05, 0) is 36.8 Å². The van der Waals surface area contributed by atoms with Gasteiger partial charge in [0.05, 0.1) is 0 Å². The fraction of sp³-hybridized carbons (Fsp3) is 0.200. The summed E-state index contributed by atoms with van der Waals surface area (Å²) in [5.41, 5.74) is 1.68. The highest BCUT2D eigenvalue weighted by Gasteiger charge is 2.12. The second kappa shape index (κ2) is 6.56. The summed E-state index contributed by atoms with van der Waals surface area (Å²) in [5, 5.41) is 12.1. The zero-order valence-electron chi connectivity index (χ0n) is 11.3. The molecule has 0 aliphatic heterocycles. The van der Waals surface area contributed by atoms with Crippen molar-refractivity contribution in [3.63, 3.8) is 0 Å². The number of amides is 2. The summed E-state index contributed by atoms with van der Waals surface area (Å²) in [6.45, 7) is 3.01. The Morgan fingerprint density at radius 1 is 1.20 bits per heavy atom. The average Bonchev–Trinajstić information content (AvgIpc) is 2.47. The highest BCUT2D eigenvalue weighted by Crippen LogP contribution is 2.13. The van der Waals surface area contributed by atoms with E-state index in [0.717, 1.165) is 5.56 Å². The number of nitrogens with zero attached hydrogens (tertiary/aromatic N) is 2. The van der Waals surface area contributed by atoms with Crippen LogP contribution in [0.4, 0.5) is 10.5 Å². The topological polar surface area (TPSA) is 65.5 Å². The predicted octanol–water partition coefficient (Wildman–Crippen LogP) is 2.84. The van der Waals surface area contributed by atoms with Crippen molar-refractivity contribution in [3.05, 3.63) is 54.4 Å². The number of pyridine rings is 1. The monoisotopic (exact) mass is 271 g/mol. The molecule has 0 aliphatic carbocycles. The number of aromatic nitrogens is 1. The summed E-state index contributed by atoms with van der Waals surface area (Å²) >= 11 is 0. The lowest BCUT2D eigenvalue weighted by Gasteiger charge is -2.21. The van der Waals surface area contributed by atoms with E-state index in [1.807, 2.05) is 6.92 Å². The third-order valence-electron chi connectivity index (χ3n) is 2.91. The van der Waals surface area contributed by atoms with Crippen molar-refractivity contribution in [2.45, 2.75) is 13.5 Å². The maximum absolute atomic E-state index is 12.2. The van der Waals surface area contributed by atoms with Gasteiger partial charge < -0.3 is 15.3 Å². The number of urea groups is 1. The zero-order chi connectivity index (χ0) is 14.4. The van der Waals surface area contributed by atoms with Crippen molar-refractivity contribution in [2.24, 2.45) is 0 Å². The van der Waals surface area contributed by atoms with E-state index in [-0.39, 0.29) is 11.8 Å². The number of hydrogen-bond donors (Lipinski definition) is 2. The molecule has 1 aromatic carbocycles. The van der Waals surface area contributed by atoms with Gasteiger partial charge in [0.25, 0.3) is 0 Å². The molecule has 0 fully saturated rings. The minimum atomic E-state index is -0.160. The summed E-state index contributed by atoms with van der Waals surface area (Å²) in [5.74, 6) is 0.220. The lowest BCUT2D eigenvalue weighted by Crippen LogP contribution is -2.34. The number of carbonyl (C=O) groups is 1. The number of phenols is 1. The minimum Gasteiger partial charge on any atom is -0.508 e. The van der Waals surface area contributed by atoms with Crippen molar-refractivity contribution in [1.29, 1.82) is 0 Å². The molecule has 1 aromatic heterocycles. The third kappa shape index (κ3) is 3.71. The molecule has 0 saturated carbocycles. The number of nitrogens with one attached hydrogen (secondary N) is 1. The molecule has 0 saturated heterocycles. The van der Waals surface area contributed by atoms with E-state index in [1.165, 1.54) is 0 Å². The highest BCUT2D eigenvalue weighted by atomic mass is 16.3. The number of hydrogen-bond acceptors (Lipinski definition) is 3. The van der Waals surface area contributed by atoms with E-state index in [1.54, 1.807) is 53.7 Å². The number of phenolic OH excluding ortho intramolecular Hbond substituents is 1. The van der Waals surface area contributed by atoms with Gasteiger partial charge in [0, 0.05) is 31.2 Å². The Balaban J connectivity index is 2.00. The van der Waals surface area contributed by atoms with Crippen LogP contribution in [0, 0.1) is 0 Å². The van der Waals surface area contributed by atoms with Crippen molar-refractivity contribution < 1.29 is 9.90 Å². The summed E-state index contributed by atoms with van der Waals surface area (Å²) < 4.78 is 0. The molecule has 2 N–H and O–H groups in total. The Bertz CT molecular complexity index is 555. The van der Waals surface area contributed by atoms with Crippen LogP contribution in [0.1, 0.15) is 12.5 Å². The molecule has 0 atom stereocenters. The molecule has 5 heteroatoms. The van der Waals surface area contributed by atoms with Crippen LogP contribution in [-0.2, 0) is 6.54 Å². The van der Waals surface area contributed by atoms with E-state index in [0.29, 0.717) is 18.8 Å². The van der Waals surface area contributed by atoms with Gasteiger partial charge >= 0.3 is 6.03 Å². The first-order valence-corrected chi connectivity index (χ1v) is 6.43. The molecule has 5 nitrogen and oxygen atoms in total. The van der Waals surface area contributed by atoms with Crippen LogP contribution in [0.3, 0.4) is 0 Å². The Hall–Kier alpha value is -2.56. The van der Waals surface area contributed by atoms with Crippen LogP contribution >= 0.6 is 0 Å². The van der Waals surface area contributed by atoms with Gasteiger partial charge in [-0.2, -0.15) is 0 Å². The Labute approximate surface area is 117 Å². The second-order valence-electron chi connectivity index (χ2n) is 4.35. The van der Waals surface area contributed by atoms with E-state index in [4.69, 9.17) is 0 Å². The molecule has 2 aromatic rings. The number of benzene rings is 1. The van der Waals surface area contributed by atoms with Gasteiger partial charge in [-0.3, -0.25) is 4.98 Å². The molecule has 20 heavy (non-hydrogen) atoms. The highest BCUT2D eigenvalue weighted by molar-refractivity contribution is 5.89. The summed E-state index contributed by atoms with van der Waals surface area (Å²) in [7, 11) is 0. The Kier molecular flexibility index (Phi) is 4.55. The largest absolute Gasteiger partial charge is 0.508 e. The maximum atomic E-state index is 12.2. The van der Waals surface area contributed by atoms with Crippen LogP contribution in [0.2, 0.25) is 0 Å². The number of rotatable bonds is 4. The van der Waals surface area contributed by atoms with E-state index < -0.39 is 0 Å². The molecular formula is C15H17N3O2. The van der Waals surface area contributed by atoms with Gasteiger partial charge in [-0.1, -0.05) is 12.1 Å². The van der Waals surface area contributed by atoms with Crippen LogP contribution < -0.4 is 5.32 Å². The van der Waals surface area contributed by atoms with Gasteiger partial charge in [-0.15, -0.1) is 0 Å². The summed E-state index contributed by atoms with van der Waals surface area (Å²) in [6, 6.07) is 10.2. The van der Waals surface area contributed by atoms with E-state index >= 15 is 0 Å². The molecule has 0 aliphatic rings. The van der Waals surface area contributed by atoms with Crippen LogP contribution in [0.25, 0.3) is 0 Å². The number of carbonyl (C=O) groups excluding carboxylic acids is 1. The first kappa shape index (κ1) is 13.9. The van der Waals surface area contributed by atoms with E-state index in [9.17, 15) is 9.90 Å². The van der Waals surface area contributed by atoms with Crippen LogP contribution in [0.15, 0.2) is 48.8 Å². The summed E-state index contributed by atoms with van der Waals surface area (Å²) in [4.78, 5) is 17.8. The number of aromatic hydroxyl groups is 1. The van der Waals surface area contributed by atoms with Gasteiger partial charge in [0.2, 0.25) is 0 Å². The van der Waals surface area contributed by atoms with Crippen molar-refractivity contribution in [3.8, 4) is 5.75 Å². The van der Waals surface area contributed by atoms with Gasteiger partial charge in [0.1, 0.15) is 5.75 Å². The minimum absolute atomic E-state index is 0.160. The standard InChI is InChI=1S/C15H17N3O2/c1-2-18(11-12-3-5-14(19)6-4-12)15(20)17-13-7-9-16-10-8-13/h3-10,19H,2,11H2,1H3,(H,16,17,20). The Morgan fingerprint density at radius 3 is 2.45 bits per heavy atom. The zero-order valence-corrected chi connectivity index (χ0v) is 11.3. The molecular weight excluding hydrogens is 254 g/mol. The third-order valence-corrected chi connectivity index (χ3v) is 2.91. The average molecular weight is 271 g/mol. The first-order valence-electron chi connectivity index (χ1n) is 6.43. The van der Waals surface area contributed by atoms with Crippen molar-refractivity contribution in [1.82, 2.24) is 9.88 Å². The number of anilines is 1. The molecule has 0 spiro atoms. The fourth-order valence-corrected chi connectivity index (χ4v) is 1.79. The Morgan fingerprint density at radius 2 is 1.85 bits per heavy atom. The van der Waals surface area contributed by atoms with Gasteiger partial charge in [-0.25, -0.2) is 4.79 Å². The molecule has 2 rings (SSSR count). The van der Waals surface area contributed by atoms with Crippen molar-refractivity contribution in [2.75, 3.05) is 11.9 Å². The molecule has 104 valence electrons. The second-order valence-corrected chi connectivity index (χ2v) is 4.35. The molecule has 1 heterocycles. The van der Waals surface area contributed by atoms with Gasteiger partial charge in [0.15, 0.2) is 0 Å². The van der Waals surface area contributed by atoms with Crippen LogP contribution in [0.5, 0.6) is 5.75 Å². The fourth-order valence-electron chi connectivity index (χ4n) is 1.79. The SMILES string of the molecule is CCN(Cc1ccc(O)cc1)C(=O)Nc1ccncc1. The lowest BCUT2D eigenvalue weighted by molar-refractivity contribution is 0.212. The summed E-state index contributed by atoms with van der Waals surface area (Å²) in [6.07, 6.45) is 3.26. The predicted molar refractivity (Wildman–Crippen MR) is 77.4 cm³/mol.